The van der Waals surface area contributed by atoms with E-state index in [4.69, 9.17) is 4.74 Å². The molecular weight excluding hydrogens is 366 g/mol. The summed E-state index contributed by atoms with van der Waals surface area (Å²) in [6.45, 7) is 5.86. The fraction of sp³-hybridized carbons (Fsp3) is 0.174. The van der Waals surface area contributed by atoms with Gasteiger partial charge in [-0.1, -0.05) is 43.0 Å². The van der Waals surface area contributed by atoms with Crippen LogP contribution in [0, 0.1) is 0 Å². The van der Waals surface area contributed by atoms with Crippen molar-refractivity contribution in [3.05, 3.63) is 90.8 Å². The Morgan fingerprint density at radius 2 is 1.79 bits per heavy atom. The molecule has 0 fully saturated rings. The molecule has 2 rings (SSSR count). The van der Waals surface area contributed by atoms with E-state index >= 15 is 0 Å². The largest absolute Gasteiger partial charge is 0.367 e. The van der Waals surface area contributed by atoms with E-state index in [1.807, 2.05) is 25.2 Å². The van der Waals surface area contributed by atoms with Gasteiger partial charge in [-0.25, -0.2) is 0 Å². The molecule has 2 amide bonds. The quantitative estimate of drug-likeness (QED) is 0.602. The van der Waals surface area contributed by atoms with Crippen LogP contribution in [0.3, 0.4) is 0 Å². The van der Waals surface area contributed by atoms with Gasteiger partial charge in [-0.3, -0.25) is 14.6 Å². The van der Waals surface area contributed by atoms with E-state index < -0.39 is 0 Å². The van der Waals surface area contributed by atoms with E-state index in [2.05, 4.69) is 22.2 Å². The molecule has 0 atom stereocenters. The van der Waals surface area contributed by atoms with Gasteiger partial charge in [0, 0.05) is 11.9 Å². The maximum Gasteiger partial charge on any atom is 0.250 e. The fourth-order valence-electron chi connectivity index (χ4n) is 2.38. The molecule has 2 aromatic rings. The number of aromatic nitrogens is 1. The summed E-state index contributed by atoms with van der Waals surface area (Å²) >= 11 is 0. The van der Waals surface area contributed by atoms with Crippen LogP contribution in [0.2, 0.25) is 0 Å². The summed E-state index contributed by atoms with van der Waals surface area (Å²) in [5.41, 5.74) is 3.15. The molecule has 6 nitrogen and oxygen atoms in total. The molecule has 0 unspecified atom stereocenters. The minimum atomic E-state index is -0.235. The number of hydrogen-bond donors (Lipinski definition) is 2. The van der Waals surface area contributed by atoms with Crippen LogP contribution < -0.4 is 10.6 Å². The van der Waals surface area contributed by atoms with Crippen LogP contribution >= 0.6 is 0 Å². The molecule has 0 bridgehead atoms. The summed E-state index contributed by atoms with van der Waals surface area (Å²) in [6.07, 6.45) is 10.8. The van der Waals surface area contributed by atoms with Crippen molar-refractivity contribution in [3.63, 3.8) is 0 Å². The van der Waals surface area contributed by atoms with E-state index in [-0.39, 0.29) is 24.8 Å². The molecule has 0 spiro atoms. The monoisotopic (exact) mass is 391 g/mol. The van der Waals surface area contributed by atoms with Gasteiger partial charge in [-0.15, -0.1) is 0 Å². The molecule has 0 aliphatic rings. The Bertz CT molecular complexity index is 872. The Hall–Kier alpha value is -3.51. The van der Waals surface area contributed by atoms with Crippen LogP contribution in [0.1, 0.15) is 12.5 Å². The summed E-state index contributed by atoms with van der Waals surface area (Å²) in [5.74, 6) is -0.365. The first-order chi connectivity index (χ1) is 14.1. The lowest BCUT2D eigenvalue weighted by molar-refractivity contribution is -0.120. The van der Waals surface area contributed by atoms with Crippen LogP contribution in [0.4, 0.5) is 11.4 Å². The smallest absolute Gasteiger partial charge is 0.250 e. The Morgan fingerprint density at radius 1 is 1.03 bits per heavy atom. The average Bonchev–Trinajstić information content (AvgIpc) is 2.70. The minimum absolute atomic E-state index is 0.0361. The third kappa shape index (κ3) is 8.81. The number of rotatable bonds is 10. The lowest BCUT2D eigenvalue weighted by atomic mass is 10.1. The number of benzene rings is 1. The number of nitrogens with one attached hydrogen (secondary N) is 2. The first-order valence-electron chi connectivity index (χ1n) is 9.18. The third-order valence-corrected chi connectivity index (χ3v) is 3.74. The molecule has 1 aromatic carbocycles. The summed E-state index contributed by atoms with van der Waals surface area (Å²) in [6, 6.07) is 10.7. The normalized spacial score (nSPS) is 11.3. The van der Waals surface area contributed by atoms with Crippen molar-refractivity contribution in [1.82, 2.24) is 4.98 Å². The predicted octanol–water partition coefficient (Wildman–Crippen LogP) is 3.91. The third-order valence-electron chi connectivity index (χ3n) is 3.74. The van der Waals surface area contributed by atoms with E-state index in [0.29, 0.717) is 18.0 Å². The SMILES string of the molecule is C=C/C=C\C=C(\C)COCC(=O)Nc1ccc(CC(=O)Nc2cccnc2)cc1. The van der Waals surface area contributed by atoms with Crippen LogP contribution in [-0.2, 0) is 20.7 Å². The summed E-state index contributed by atoms with van der Waals surface area (Å²) < 4.78 is 5.40. The number of carbonyl (C=O) groups excluding carboxylic acids is 2. The molecule has 1 aromatic heterocycles. The van der Waals surface area contributed by atoms with Gasteiger partial charge in [-0.05, 0) is 42.3 Å². The second-order valence-electron chi connectivity index (χ2n) is 6.34. The van der Waals surface area contributed by atoms with Gasteiger partial charge in [-0.2, -0.15) is 0 Å². The molecule has 0 saturated heterocycles. The maximum atomic E-state index is 12.1. The van der Waals surface area contributed by atoms with E-state index in [9.17, 15) is 9.59 Å². The number of amides is 2. The number of ether oxygens (including phenoxy) is 1. The molecular formula is C23H25N3O3. The first-order valence-corrected chi connectivity index (χ1v) is 9.18. The minimum Gasteiger partial charge on any atom is -0.367 e. The summed E-state index contributed by atoms with van der Waals surface area (Å²) in [7, 11) is 0. The van der Waals surface area contributed by atoms with Crippen molar-refractivity contribution < 1.29 is 14.3 Å². The lowest BCUT2D eigenvalue weighted by Gasteiger charge is -2.08. The molecule has 29 heavy (non-hydrogen) atoms. The molecule has 2 N–H and O–H groups in total. The van der Waals surface area contributed by atoms with Gasteiger partial charge < -0.3 is 15.4 Å². The molecule has 0 radical (unpaired) electrons. The van der Waals surface area contributed by atoms with Crippen molar-refractivity contribution in [3.8, 4) is 0 Å². The predicted molar refractivity (Wildman–Crippen MR) is 116 cm³/mol. The van der Waals surface area contributed by atoms with Gasteiger partial charge in [0.05, 0.1) is 24.9 Å². The van der Waals surface area contributed by atoms with Crippen molar-refractivity contribution in [2.75, 3.05) is 23.8 Å². The van der Waals surface area contributed by atoms with Crippen LogP contribution in [0.5, 0.6) is 0 Å². The Balaban J connectivity index is 1.74. The average molecular weight is 391 g/mol. The molecule has 0 aliphatic carbocycles. The van der Waals surface area contributed by atoms with Crippen LogP contribution in [0.25, 0.3) is 0 Å². The molecule has 6 heteroatoms. The van der Waals surface area contributed by atoms with Gasteiger partial charge in [0.1, 0.15) is 6.61 Å². The number of nitrogens with zero attached hydrogens (tertiary/aromatic N) is 1. The number of hydrogen-bond acceptors (Lipinski definition) is 4. The lowest BCUT2D eigenvalue weighted by Crippen LogP contribution is -2.19. The first kappa shape index (κ1) is 21.8. The maximum absolute atomic E-state index is 12.1. The highest BCUT2D eigenvalue weighted by molar-refractivity contribution is 5.93. The standard InChI is InChI=1S/C23H25N3O3/c1-3-4-5-7-18(2)16-29-17-23(28)25-20-11-9-19(10-12-20)14-22(27)26-21-8-6-13-24-15-21/h3-13,15H,1,14,16-17H2,2H3,(H,25,28)(H,26,27)/b5-4-,18-7-. The highest BCUT2D eigenvalue weighted by Gasteiger charge is 2.06. The second-order valence-corrected chi connectivity index (χ2v) is 6.34. The summed E-state index contributed by atoms with van der Waals surface area (Å²) in [5, 5.41) is 5.55. The van der Waals surface area contributed by atoms with Crippen molar-refractivity contribution >= 4 is 23.2 Å². The van der Waals surface area contributed by atoms with Crippen molar-refractivity contribution in [2.45, 2.75) is 13.3 Å². The zero-order valence-electron chi connectivity index (χ0n) is 16.4. The van der Waals surface area contributed by atoms with Gasteiger partial charge in [0.2, 0.25) is 11.8 Å². The van der Waals surface area contributed by atoms with Crippen molar-refractivity contribution in [2.24, 2.45) is 0 Å². The van der Waals surface area contributed by atoms with Gasteiger partial charge in [0.25, 0.3) is 0 Å². The topological polar surface area (TPSA) is 80.3 Å². The van der Waals surface area contributed by atoms with Gasteiger partial charge in [0.15, 0.2) is 0 Å². The van der Waals surface area contributed by atoms with Crippen LogP contribution in [-0.4, -0.2) is 30.0 Å². The molecule has 1 heterocycles. The highest BCUT2D eigenvalue weighted by atomic mass is 16.5. The zero-order chi connectivity index (χ0) is 20.9. The van der Waals surface area contributed by atoms with Gasteiger partial charge >= 0.3 is 0 Å². The van der Waals surface area contributed by atoms with Crippen molar-refractivity contribution in [1.29, 1.82) is 0 Å². The van der Waals surface area contributed by atoms with E-state index in [1.165, 1.54) is 0 Å². The zero-order valence-corrected chi connectivity index (χ0v) is 16.4. The summed E-state index contributed by atoms with van der Waals surface area (Å²) in [4.78, 5) is 28.0. The Labute approximate surface area is 171 Å². The number of pyridine rings is 1. The fourth-order valence-corrected chi connectivity index (χ4v) is 2.38. The van der Waals surface area contributed by atoms with E-state index in [0.717, 1.165) is 11.1 Å². The molecule has 0 aliphatic heterocycles. The van der Waals surface area contributed by atoms with Crippen LogP contribution in [0.15, 0.2) is 85.2 Å². The van der Waals surface area contributed by atoms with E-state index in [1.54, 1.807) is 54.9 Å². The highest BCUT2D eigenvalue weighted by Crippen LogP contribution is 2.11. The number of anilines is 2. The number of allylic oxidation sites excluding steroid dienone is 4. The second kappa shape index (κ2) is 12.0. The molecule has 0 saturated carbocycles. The number of carbonyl (C=O) groups is 2. The Kier molecular flexibility index (Phi) is 9.05. The Morgan fingerprint density at radius 3 is 2.48 bits per heavy atom. The molecule has 150 valence electrons.